The lowest BCUT2D eigenvalue weighted by molar-refractivity contribution is -0.145. The van der Waals surface area contributed by atoms with Crippen LogP contribution in [0.2, 0.25) is 0 Å². The summed E-state index contributed by atoms with van der Waals surface area (Å²) in [6, 6.07) is 13.8. The predicted octanol–water partition coefficient (Wildman–Crippen LogP) is -0.163. The Morgan fingerprint density at radius 1 is 0.917 bits per heavy atom. The summed E-state index contributed by atoms with van der Waals surface area (Å²) in [6.45, 7) is -0.422. The Labute approximate surface area is 209 Å². The zero-order valence-electron chi connectivity index (χ0n) is 19.9. The maximum absolute atomic E-state index is 13.1. The number of carboxylic acid groups (broad SMARTS) is 1. The second-order valence-electron chi connectivity index (χ2n) is 8.82. The Hall–Kier alpha value is -3.76. The molecule has 0 aliphatic carbocycles. The highest BCUT2D eigenvalue weighted by Crippen LogP contribution is 2.19. The average Bonchev–Trinajstić information content (AvgIpc) is 3.37. The lowest BCUT2D eigenvalue weighted by Crippen LogP contribution is -2.58. The molecule has 0 radical (unpaired) electrons. The summed E-state index contributed by atoms with van der Waals surface area (Å²) in [7, 11) is 0. The van der Waals surface area contributed by atoms with E-state index in [0.29, 0.717) is 12.8 Å². The molecule has 0 aromatic heterocycles. The zero-order chi connectivity index (χ0) is 26.1. The van der Waals surface area contributed by atoms with Crippen LogP contribution in [0.4, 0.5) is 0 Å². The highest BCUT2D eigenvalue weighted by Gasteiger charge is 2.39. The summed E-state index contributed by atoms with van der Waals surface area (Å²) in [5.74, 6) is -2.99. The highest BCUT2D eigenvalue weighted by atomic mass is 16.4. The lowest BCUT2D eigenvalue weighted by Gasteiger charge is -2.29. The van der Waals surface area contributed by atoms with Gasteiger partial charge in [0, 0.05) is 13.0 Å². The van der Waals surface area contributed by atoms with Crippen molar-refractivity contribution in [1.82, 2.24) is 15.5 Å². The summed E-state index contributed by atoms with van der Waals surface area (Å²) >= 11 is 0. The molecule has 0 saturated carbocycles. The third kappa shape index (κ3) is 7.12. The maximum Gasteiger partial charge on any atom is 0.326 e. The molecule has 1 aliphatic heterocycles. The van der Waals surface area contributed by atoms with Crippen LogP contribution in [-0.4, -0.2) is 76.1 Å². The summed E-state index contributed by atoms with van der Waals surface area (Å²) < 4.78 is 0. The number of amides is 3. The number of hydrogen-bond acceptors (Lipinski definition) is 6. The van der Waals surface area contributed by atoms with Gasteiger partial charge in [0.1, 0.15) is 18.1 Å². The highest BCUT2D eigenvalue weighted by molar-refractivity contribution is 5.94. The fourth-order valence-corrected chi connectivity index (χ4v) is 4.25. The molecule has 6 N–H and O–H groups in total. The molecule has 4 unspecified atom stereocenters. The molecule has 10 nitrogen and oxygen atoms in total. The monoisotopic (exact) mass is 496 g/mol. The minimum atomic E-state index is -1.27. The number of likely N-dealkylation sites (tertiary alicyclic amines) is 1. The number of hydrogen-bond donors (Lipinski definition) is 5. The smallest absolute Gasteiger partial charge is 0.326 e. The van der Waals surface area contributed by atoms with E-state index in [1.54, 1.807) is 24.3 Å². The molecule has 2 aromatic rings. The molecule has 3 rings (SSSR count). The van der Waals surface area contributed by atoms with Crippen molar-refractivity contribution >= 4 is 23.7 Å². The number of aliphatic hydroxyl groups excluding tert-OH is 1. The zero-order valence-corrected chi connectivity index (χ0v) is 19.9. The first-order valence-electron chi connectivity index (χ1n) is 11.9. The molecular formula is C26H32N4O6. The number of carbonyl (C=O) groups is 4. The molecular weight excluding hydrogens is 464 g/mol. The van der Waals surface area contributed by atoms with Crippen molar-refractivity contribution in [2.24, 2.45) is 5.73 Å². The number of carbonyl (C=O) groups excluding carboxylic acids is 3. The number of nitrogens with zero attached hydrogens (tertiary/aromatic N) is 1. The molecule has 10 heteroatoms. The van der Waals surface area contributed by atoms with E-state index in [2.05, 4.69) is 10.6 Å². The predicted molar refractivity (Wildman–Crippen MR) is 132 cm³/mol. The van der Waals surface area contributed by atoms with E-state index >= 15 is 0 Å². The van der Waals surface area contributed by atoms with Gasteiger partial charge in [-0.1, -0.05) is 60.7 Å². The summed E-state index contributed by atoms with van der Waals surface area (Å²) in [5, 5.41) is 24.4. The second-order valence-corrected chi connectivity index (χ2v) is 8.82. The van der Waals surface area contributed by atoms with Gasteiger partial charge in [-0.05, 0) is 30.4 Å². The Kier molecular flexibility index (Phi) is 9.54. The number of nitrogens with two attached hydrogens (primary N) is 1. The first-order chi connectivity index (χ1) is 17.3. The van der Waals surface area contributed by atoms with E-state index in [4.69, 9.17) is 5.73 Å². The van der Waals surface area contributed by atoms with Gasteiger partial charge in [-0.3, -0.25) is 14.4 Å². The normalized spacial score (nSPS) is 17.6. The van der Waals surface area contributed by atoms with E-state index < -0.39 is 54.5 Å². The van der Waals surface area contributed by atoms with Crippen molar-refractivity contribution in [3.63, 3.8) is 0 Å². The van der Waals surface area contributed by atoms with Gasteiger partial charge in [0.25, 0.3) is 0 Å². The fourth-order valence-electron chi connectivity index (χ4n) is 4.25. The van der Waals surface area contributed by atoms with Crippen molar-refractivity contribution in [1.29, 1.82) is 0 Å². The maximum atomic E-state index is 13.1. The third-order valence-electron chi connectivity index (χ3n) is 6.17. The lowest BCUT2D eigenvalue weighted by atomic mass is 10.0. The van der Waals surface area contributed by atoms with Crippen molar-refractivity contribution in [3.05, 3.63) is 71.8 Å². The van der Waals surface area contributed by atoms with Crippen LogP contribution in [-0.2, 0) is 32.0 Å². The van der Waals surface area contributed by atoms with Gasteiger partial charge >= 0.3 is 5.97 Å². The molecule has 3 amide bonds. The van der Waals surface area contributed by atoms with Crippen molar-refractivity contribution in [2.75, 3.05) is 13.2 Å². The SMILES string of the molecule is NC(Cc1ccccc1)C(=O)NC(CO)C(=O)N1CCCC1C(=O)NC(Cc1ccccc1)C(=O)O. The van der Waals surface area contributed by atoms with Crippen LogP contribution in [0.15, 0.2) is 60.7 Å². The largest absolute Gasteiger partial charge is 0.480 e. The van der Waals surface area contributed by atoms with Gasteiger partial charge in [0.05, 0.1) is 12.6 Å². The summed E-state index contributed by atoms with van der Waals surface area (Å²) in [6.07, 6.45) is 1.22. The van der Waals surface area contributed by atoms with Gasteiger partial charge in [-0.25, -0.2) is 4.79 Å². The van der Waals surface area contributed by atoms with Crippen molar-refractivity contribution < 1.29 is 29.4 Å². The topological polar surface area (TPSA) is 162 Å². The molecule has 0 spiro atoms. The van der Waals surface area contributed by atoms with Crippen LogP contribution in [0.3, 0.4) is 0 Å². The number of carboxylic acids is 1. The molecule has 1 fully saturated rings. The number of aliphatic hydroxyl groups is 1. The molecule has 36 heavy (non-hydrogen) atoms. The van der Waals surface area contributed by atoms with Crippen molar-refractivity contribution in [2.45, 2.75) is 49.9 Å². The van der Waals surface area contributed by atoms with Crippen LogP contribution in [0, 0.1) is 0 Å². The molecule has 1 saturated heterocycles. The molecule has 2 aromatic carbocycles. The van der Waals surface area contributed by atoms with E-state index in [1.165, 1.54) is 4.90 Å². The van der Waals surface area contributed by atoms with E-state index in [1.807, 2.05) is 36.4 Å². The van der Waals surface area contributed by atoms with Crippen LogP contribution in [0.1, 0.15) is 24.0 Å². The summed E-state index contributed by atoms with van der Waals surface area (Å²) in [4.78, 5) is 51.7. The minimum Gasteiger partial charge on any atom is -0.480 e. The molecule has 0 bridgehead atoms. The second kappa shape index (κ2) is 12.8. The van der Waals surface area contributed by atoms with Gasteiger partial charge in [-0.2, -0.15) is 0 Å². The van der Waals surface area contributed by atoms with Crippen molar-refractivity contribution in [3.8, 4) is 0 Å². The van der Waals surface area contributed by atoms with Gasteiger partial charge in [0.15, 0.2) is 0 Å². The van der Waals surface area contributed by atoms with E-state index in [9.17, 15) is 29.4 Å². The van der Waals surface area contributed by atoms with Gasteiger partial charge in [-0.15, -0.1) is 0 Å². The van der Waals surface area contributed by atoms with Crippen LogP contribution in [0.5, 0.6) is 0 Å². The molecule has 1 aliphatic rings. The standard InChI is InChI=1S/C26H32N4O6/c27-19(14-17-8-3-1-4-9-17)23(32)29-21(16-31)25(34)30-13-7-12-22(30)24(33)28-20(26(35)36)15-18-10-5-2-6-11-18/h1-6,8-11,19-22,31H,7,12-16,27H2,(H,28,33)(H,29,32)(H,35,36). The number of rotatable bonds is 11. The Balaban J connectivity index is 1.61. The van der Waals surface area contributed by atoms with Gasteiger partial charge < -0.3 is 31.5 Å². The van der Waals surface area contributed by atoms with Gasteiger partial charge in [0.2, 0.25) is 17.7 Å². The molecule has 1 heterocycles. The Morgan fingerprint density at radius 3 is 2.06 bits per heavy atom. The molecule has 192 valence electrons. The van der Waals surface area contributed by atoms with Crippen LogP contribution < -0.4 is 16.4 Å². The molecule has 4 atom stereocenters. The average molecular weight is 497 g/mol. The quantitative estimate of drug-likeness (QED) is 0.289. The van der Waals surface area contributed by atoms with Crippen LogP contribution in [0.25, 0.3) is 0 Å². The first-order valence-corrected chi connectivity index (χ1v) is 11.9. The van der Waals surface area contributed by atoms with E-state index in [0.717, 1.165) is 11.1 Å². The number of benzene rings is 2. The minimum absolute atomic E-state index is 0.0944. The Morgan fingerprint density at radius 2 is 1.50 bits per heavy atom. The fraction of sp³-hybridized carbons (Fsp3) is 0.385. The van der Waals surface area contributed by atoms with E-state index in [-0.39, 0.29) is 19.4 Å². The summed E-state index contributed by atoms with van der Waals surface area (Å²) in [5.41, 5.74) is 7.59. The Bertz CT molecular complexity index is 1050. The van der Waals surface area contributed by atoms with Crippen LogP contribution >= 0.6 is 0 Å². The third-order valence-corrected chi connectivity index (χ3v) is 6.17. The number of aliphatic carboxylic acids is 1. The number of nitrogens with one attached hydrogen (secondary N) is 2. The first kappa shape index (κ1) is 26.8.